The Bertz CT molecular complexity index is 760. The first-order valence-corrected chi connectivity index (χ1v) is 7.35. The molecule has 0 amide bonds. The largest absolute Gasteiger partial charge is 0.425 e. The van der Waals surface area contributed by atoms with Gasteiger partial charge >= 0.3 is 0 Å². The second kappa shape index (κ2) is 5.00. The first-order valence-electron chi connectivity index (χ1n) is 7.35. The predicted octanol–water partition coefficient (Wildman–Crippen LogP) is 2.56. The van der Waals surface area contributed by atoms with Crippen LogP contribution in [0, 0.1) is 0 Å². The Labute approximate surface area is 123 Å². The Balaban J connectivity index is 1.56. The molecule has 0 spiro atoms. The van der Waals surface area contributed by atoms with Crippen molar-refractivity contribution in [2.45, 2.75) is 18.8 Å². The molecular formula is C16H18N4O. The van der Waals surface area contributed by atoms with Crippen molar-refractivity contribution in [3.63, 3.8) is 0 Å². The molecule has 0 radical (unpaired) electrons. The van der Waals surface area contributed by atoms with Gasteiger partial charge in [0.15, 0.2) is 0 Å². The molecule has 3 heterocycles. The minimum atomic E-state index is 0.388. The Morgan fingerprint density at radius 1 is 1.33 bits per heavy atom. The lowest BCUT2D eigenvalue weighted by molar-refractivity contribution is 0.385. The molecule has 1 saturated heterocycles. The van der Waals surface area contributed by atoms with Crippen LogP contribution in [-0.2, 0) is 6.42 Å². The van der Waals surface area contributed by atoms with Crippen molar-refractivity contribution in [2.24, 2.45) is 0 Å². The lowest BCUT2D eigenvalue weighted by atomic mass is 10.1. The summed E-state index contributed by atoms with van der Waals surface area (Å²) in [4.78, 5) is 5.58. The van der Waals surface area contributed by atoms with Crippen LogP contribution in [0.5, 0.6) is 0 Å². The Kier molecular flexibility index (Phi) is 3.00. The first kappa shape index (κ1) is 12.6. The maximum atomic E-state index is 5.88. The summed E-state index contributed by atoms with van der Waals surface area (Å²) in [6.07, 6.45) is 3.81. The van der Waals surface area contributed by atoms with Crippen molar-refractivity contribution in [3.05, 3.63) is 47.8 Å². The molecule has 1 aliphatic rings. The SMILES string of the molecule is CN1CCC(c2nnc(Cc3c[nH]c4ccccc34)o2)C1. The van der Waals surface area contributed by atoms with Crippen LogP contribution in [0.3, 0.4) is 0 Å². The molecule has 5 nitrogen and oxygen atoms in total. The molecule has 1 fully saturated rings. The van der Waals surface area contributed by atoms with Crippen LogP contribution in [0.15, 0.2) is 34.9 Å². The van der Waals surface area contributed by atoms with Gasteiger partial charge in [-0.2, -0.15) is 0 Å². The molecule has 0 aliphatic carbocycles. The third kappa shape index (κ3) is 2.34. The van der Waals surface area contributed by atoms with E-state index < -0.39 is 0 Å². The van der Waals surface area contributed by atoms with Crippen LogP contribution in [-0.4, -0.2) is 40.2 Å². The number of nitrogens with one attached hydrogen (secondary N) is 1. The van der Waals surface area contributed by atoms with E-state index in [9.17, 15) is 0 Å². The average molecular weight is 282 g/mol. The summed E-state index contributed by atoms with van der Waals surface area (Å²) in [5.74, 6) is 1.87. The highest BCUT2D eigenvalue weighted by molar-refractivity contribution is 5.83. The van der Waals surface area contributed by atoms with Crippen molar-refractivity contribution in [3.8, 4) is 0 Å². The zero-order valence-corrected chi connectivity index (χ0v) is 12.0. The van der Waals surface area contributed by atoms with Gasteiger partial charge in [-0.05, 0) is 31.6 Å². The summed E-state index contributed by atoms with van der Waals surface area (Å²) >= 11 is 0. The minimum absolute atomic E-state index is 0.388. The average Bonchev–Trinajstić information content (AvgIpc) is 3.20. The molecular weight excluding hydrogens is 264 g/mol. The number of H-pyrrole nitrogens is 1. The van der Waals surface area contributed by atoms with E-state index in [1.807, 2.05) is 18.3 Å². The molecule has 0 saturated carbocycles. The fourth-order valence-corrected chi connectivity index (χ4v) is 3.08. The van der Waals surface area contributed by atoms with Crippen molar-refractivity contribution >= 4 is 10.9 Å². The Hall–Kier alpha value is -2.14. The highest BCUT2D eigenvalue weighted by Crippen LogP contribution is 2.26. The van der Waals surface area contributed by atoms with E-state index in [-0.39, 0.29) is 0 Å². The fraction of sp³-hybridized carbons (Fsp3) is 0.375. The van der Waals surface area contributed by atoms with E-state index in [2.05, 4.69) is 39.3 Å². The number of rotatable bonds is 3. The van der Waals surface area contributed by atoms with Crippen LogP contribution in [0.25, 0.3) is 10.9 Å². The Morgan fingerprint density at radius 2 is 2.24 bits per heavy atom. The third-order valence-electron chi connectivity index (χ3n) is 4.24. The van der Waals surface area contributed by atoms with Gasteiger partial charge in [-0.25, -0.2) is 0 Å². The second-order valence-electron chi connectivity index (χ2n) is 5.82. The molecule has 0 bridgehead atoms. The summed E-state index contributed by atoms with van der Waals surface area (Å²) in [6.45, 7) is 2.11. The number of nitrogens with zero attached hydrogens (tertiary/aromatic N) is 3. The fourth-order valence-electron chi connectivity index (χ4n) is 3.08. The van der Waals surface area contributed by atoms with E-state index in [1.54, 1.807) is 0 Å². The normalized spacial score (nSPS) is 19.6. The summed E-state index contributed by atoms with van der Waals surface area (Å²) in [5.41, 5.74) is 2.34. The van der Waals surface area contributed by atoms with E-state index in [4.69, 9.17) is 4.42 Å². The highest BCUT2D eigenvalue weighted by Gasteiger charge is 2.26. The van der Waals surface area contributed by atoms with Crippen molar-refractivity contribution in [1.29, 1.82) is 0 Å². The zero-order chi connectivity index (χ0) is 14.2. The van der Waals surface area contributed by atoms with Crippen LogP contribution in [0.2, 0.25) is 0 Å². The number of likely N-dealkylation sites (N-methyl/N-ethyl adjacent to an activating group) is 1. The van der Waals surface area contributed by atoms with Gasteiger partial charge in [-0.15, -0.1) is 10.2 Å². The molecule has 4 rings (SSSR count). The second-order valence-corrected chi connectivity index (χ2v) is 5.82. The van der Waals surface area contributed by atoms with Gasteiger partial charge in [0.05, 0.1) is 12.3 Å². The lowest BCUT2D eigenvalue weighted by Crippen LogP contribution is -2.13. The van der Waals surface area contributed by atoms with Crippen molar-refractivity contribution < 1.29 is 4.42 Å². The van der Waals surface area contributed by atoms with Crippen molar-refractivity contribution in [1.82, 2.24) is 20.1 Å². The number of fused-ring (bicyclic) bond motifs is 1. The maximum Gasteiger partial charge on any atom is 0.221 e. The number of hydrogen-bond acceptors (Lipinski definition) is 4. The van der Waals surface area contributed by atoms with E-state index in [0.29, 0.717) is 18.2 Å². The summed E-state index contributed by atoms with van der Waals surface area (Å²) in [7, 11) is 2.13. The van der Waals surface area contributed by atoms with E-state index in [0.717, 1.165) is 30.9 Å². The summed E-state index contributed by atoms with van der Waals surface area (Å²) in [6, 6.07) is 8.27. The quantitative estimate of drug-likeness (QED) is 0.802. The smallest absolute Gasteiger partial charge is 0.221 e. The standard InChI is InChI=1S/C16H18N4O/c1-20-7-6-11(10-20)16-19-18-15(21-16)8-12-9-17-14-5-3-2-4-13(12)14/h2-5,9,11,17H,6-8,10H2,1H3. The summed E-state index contributed by atoms with van der Waals surface area (Å²) in [5, 5.41) is 9.68. The molecule has 2 aromatic heterocycles. The molecule has 1 unspecified atom stereocenters. The molecule has 21 heavy (non-hydrogen) atoms. The van der Waals surface area contributed by atoms with Crippen LogP contribution in [0.1, 0.15) is 29.7 Å². The molecule has 1 N–H and O–H groups in total. The van der Waals surface area contributed by atoms with Gasteiger partial charge in [0, 0.05) is 23.6 Å². The molecule has 1 aliphatic heterocycles. The van der Waals surface area contributed by atoms with Gasteiger partial charge in [-0.3, -0.25) is 0 Å². The zero-order valence-electron chi connectivity index (χ0n) is 12.0. The van der Waals surface area contributed by atoms with Gasteiger partial charge in [0.2, 0.25) is 11.8 Å². The van der Waals surface area contributed by atoms with Gasteiger partial charge in [-0.1, -0.05) is 18.2 Å². The van der Waals surface area contributed by atoms with Gasteiger partial charge in [0.25, 0.3) is 0 Å². The molecule has 1 aromatic carbocycles. The van der Waals surface area contributed by atoms with E-state index >= 15 is 0 Å². The molecule has 3 aromatic rings. The number of para-hydroxylation sites is 1. The maximum absolute atomic E-state index is 5.88. The van der Waals surface area contributed by atoms with Crippen LogP contribution >= 0.6 is 0 Å². The van der Waals surface area contributed by atoms with Crippen LogP contribution < -0.4 is 0 Å². The number of benzene rings is 1. The number of hydrogen-bond donors (Lipinski definition) is 1. The predicted molar refractivity (Wildman–Crippen MR) is 80.3 cm³/mol. The van der Waals surface area contributed by atoms with E-state index in [1.165, 1.54) is 10.9 Å². The minimum Gasteiger partial charge on any atom is -0.425 e. The Morgan fingerprint density at radius 3 is 3.10 bits per heavy atom. The number of aromatic nitrogens is 3. The van der Waals surface area contributed by atoms with Gasteiger partial charge in [0.1, 0.15) is 0 Å². The third-order valence-corrected chi connectivity index (χ3v) is 4.24. The molecule has 1 atom stereocenters. The van der Waals surface area contributed by atoms with Crippen LogP contribution in [0.4, 0.5) is 0 Å². The van der Waals surface area contributed by atoms with Crippen molar-refractivity contribution in [2.75, 3.05) is 20.1 Å². The molecule has 108 valence electrons. The number of likely N-dealkylation sites (tertiary alicyclic amines) is 1. The highest BCUT2D eigenvalue weighted by atomic mass is 16.4. The molecule has 5 heteroatoms. The topological polar surface area (TPSA) is 58.0 Å². The monoisotopic (exact) mass is 282 g/mol. The summed E-state index contributed by atoms with van der Waals surface area (Å²) < 4.78 is 5.88. The first-order chi connectivity index (χ1) is 10.3. The number of aromatic amines is 1. The van der Waals surface area contributed by atoms with Gasteiger partial charge < -0.3 is 14.3 Å². The lowest BCUT2D eigenvalue weighted by Gasteiger charge is -2.05.